The Bertz CT molecular complexity index is 1220. The molecule has 158 valence electrons. The van der Waals surface area contributed by atoms with Crippen molar-refractivity contribution in [3.8, 4) is 0 Å². The Balaban J connectivity index is 1.57. The standard InChI is InChI=1S/C21H16ClFN4O3S/c22-12-6-4-11(5-7-12)10-31-21-26-18-17(20(30)27-21)15(9-16(28)25-18)19(29)24-14-3-1-2-13(23)8-14/h1-8,15H,9-10H2,(H,24,29)(H2,25,26,27,28,30)/t15-/m0/s1. The number of H-pyrrole nitrogens is 1. The number of anilines is 2. The highest BCUT2D eigenvalue weighted by atomic mass is 35.5. The van der Waals surface area contributed by atoms with E-state index in [0.29, 0.717) is 15.9 Å². The van der Waals surface area contributed by atoms with Gasteiger partial charge in [-0.3, -0.25) is 14.4 Å². The van der Waals surface area contributed by atoms with Crippen molar-refractivity contribution >= 4 is 46.7 Å². The molecule has 3 aromatic rings. The van der Waals surface area contributed by atoms with Crippen molar-refractivity contribution < 1.29 is 14.0 Å². The van der Waals surface area contributed by atoms with Gasteiger partial charge in [0.25, 0.3) is 5.56 Å². The second-order valence-electron chi connectivity index (χ2n) is 6.85. The molecule has 2 aromatic carbocycles. The van der Waals surface area contributed by atoms with Crippen molar-refractivity contribution in [3.63, 3.8) is 0 Å². The summed E-state index contributed by atoms with van der Waals surface area (Å²) in [6.45, 7) is 0. The van der Waals surface area contributed by atoms with Crippen molar-refractivity contribution in [1.29, 1.82) is 0 Å². The fourth-order valence-electron chi connectivity index (χ4n) is 3.17. The first kappa shape index (κ1) is 21.1. The lowest BCUT2D eigenvalue weighted by atomic mass is 9.92. The van der Waals surface area contributed by atoms with Gasteiger partial charge in [-0.15, -0.1) is 0 Å². The maximum Gasteiger partial charge on any atom is 0.257 e. The maximum atomic E-state index is 13.4. The second kappa shape index (κ2) is 8.91. The third-order valence-electron chi connectivity index (χ3n) is 4.63. The Morgan fingerprint density at radius 2 is 2.00 bits per heavy atom. The van der Waals surface area contributed by atoms with Crippen molar-refractivity contribution in [2.45, 2.75) is 23.2 Å². The zero-order valence-corrected chi connectivity index (χ0v) is 17.5. The highest BCUT2D eigenvalue weighted by Crippen LogP contribution is 2.31. The topological polar surface area (TPSA) is 104 Å². The Morgan fingerprint density at radius 1 is 1.23 bits per heavy atom. The second-order valence-corrected chi connectivity index (χ2v) is 8.25. The third-order valence-corrected chi connectivity index (χ3v) is 5.82. The molecule has 0 saturated carbocycles. The van der Waals surface area contributed by atoms with E-state index in [4.69, 9.17) is 11.6 Å². The molecule has 0 radical (unpaired) electrons. The molecule has 1 aromatic heterocycles. The third kappa shape index (κ3) is 4.95. The van der Waals surface area contributed by atoms with Gasteiger partial charge in [0.15, 0.2) is 5.16 Å². The van der Waals surface area contributed by atoms with Crippen molar-refractivity contribution in [2.24, 2.45) is 0 Å². The lowest BCUT2D eigenvalue weighted by Crippen LogP contribution is -2.36. The van der Waals surface area contributed by atoms with Gasteiger partial charge in [0, 0.05) is 22.9 Å². The summed E-state index contributed by atoms with van der Waals surface area (Å²) in [5.41, 5.74) is 0.774. The molecule has 2 heterocycles. The highest BCUT2D eigenvalue weighted by molar-refractivity contribution is 7.98. The number of carbonyl (C=O) groups excluding carboxylic acids is 2. The fraction of sp³-hybridized carbons (Fsp3) is 0.143. The molecule has 0 aliphatic carbocycles. The smallest absolute Gasteiger partial charge is 0.257 e. The summed E-state index contributed by atoms with van der Waals surface area (Å²) in [7, 11) is 0. The van der Waals surface area contributed by atoms with Gasteiger partial charge in [0.1, 0.15) is 11.6 Å². The van der Waals surface area contributed by atoms with Gasteiger partial charge in [-0.1, -0.05) is 41.6 Å². The number of hydrogen-bond donors (Lipinski definition) is 3. The number of halogens is 2. The van der Waals surface area contributed by atoms with Crippen molar-refractivity contribution in [1.82, 2.24) is 9.97 Å². The molecule has 1 aliphatic rings. The number of fused-ring (bicyclic) bond motifs is 1. The molecule has 31 heavy (non-hydrogen) atoms. The Morgan fingerprint density at radius 3 is 2.74 bits per heavy atom. The van der Waals surface area contributed by atoms with Crippen LogP contribution in [0.2, 0.25) is 5.02 Å². The van der Waals surface area contributed by atoms with Gasteiger partial charge < -0.3 is 15.6 Å². The van der Waals surface area contributed by atoms with E-state index in [-0.39, 0.29) is 23.5 Å². The van der Waals surface area contributed by atoms with Gasteiger partial charge in [-0.2, -0.15) is 0 Å². The first-order chi connectivity index (χ1) is 14.9. The minimum atomic E-state index is -1.04. The summed E-state index contributed by atoms with van der Waals surface area (Å²) in [6.07, 6.45) is -0.212. The number of aromatic amines is 1. The minimum absolute atomic E-state index is 0.0537. The molecule has 7 nitrogen and oxygen atoms in total. The lowest BCUT2D eigenvalue weighted by molar-refractivity contribution is -0.123. The van der Waals surface area contributed by atoms with Gasteiger partial charge in [-0.25, -0.2) is 9.37 Å². The van der Waals surface area contributed by atoms with E-state index in [1.54, 1.807) is 12.1 Å². The van der Waals surface area contributed by atoms with E-state index >= 15 is 0 Å². The minimum Gasteiger partial charge on any atom is -0.325 e. The van der Waals surface area contributed by atoms with Crippen LogP contribution in [-0.2, 0) is 15.3 Å². The Kier molecular flexibility index (Phi) is 6.06. The van der Waals surface area contributed by atoms with Crippen LogP contribution in [0.25, 0.3) is 0 Å². The SMILES string of the molecule is O=C1C[C@H](C(=O)Nc2cccc(F)c2)c2c(nc(SCc3ccc(Cl)cc3)[nH]c2=O)N1. The number of benzene rings is 2. The van der Waals surface area contributed by atoms with Crippen LogP contribution in [-0.4, -0.2) is 21.8 Å². The number of nitrogens with one attached hydrogen (secondary N) is 3. The van der Waals surface area contributed by atoms with Crippen molar-refractivity contribution in [3.05, 3.63) is 80.9 Å². The van der Waals surface area contributed by atoms with Gasteiger partial charge in [-0.05, 0) is 35.9 Å². The van der Waals surface area contributed by atoms with Gasteiger partial charge in [0.05, 0.1) is 11.5 Å². The summed E-state index contributed by atoms with van der Waals surface area (Å²) in [5, 5.41) is 6.05. The van der Waals surface area contributed by atoms with Crippen molar-refractivity contribution in [2.75, 3.05) is 10.6 Å². The number of rotatable bonds is 5. The lowest BCUT2D eigenvalue weighted by Gasteiger charge is -2.23. The van der Waals surface area contributed by atoms with Crippen LogP contribution in [0.1, 0.15) is 23.5 Å². The summed E-state index contributed by atoms with van der Waals surface area (Å²) < 4.78 is 13.4. The number of amides is 2. The number of hydrogen-bond acceptors (Lipinski definition) is 5. The monoisotopic (exact) mass is 458 g/mol. The molecule has 0 spiro atoms. The van der Waals surface area contributed by atoms with E-state index in [0.717, 1.165) is 11.6 Å². The highest BCUT2D eigenvalue weighted by Gasteiger charge is 2.34. The zero-order valence-electron chi connectivity index (χ0n) is 15.9. The number of aromatic nitrogens is 2. The summed E-state index contributed by atoms with van der Waals surface area (Å²) in [4.78, 5) is 44.7. The summed E-state index contributed by atoms with van der Waals surface area (Å²) in [5.74, 6) is -2.00. The Hall–Kier alpha value is -3.17. The fourth-order valence-corrected chi connectivity index (χ4v) is 4.11. The van der Waals surface area contributed by atoms with Crippen LogP contribution in [0, 0.1) is 5.82 Å². The van der Waals surface area contributed by atoms with E-state index < -0.39 is 29.1 Å². The maximum absolute atomic E-state index is 13.4. The number of thioether (sulfide) groups is 1. The predicted molar refractivity (Wildman–Crippen MR) is 117 cm³/mol. The number of carbonyl (C=O) groups is 2. The average Bonchev–Trinajstić information content (AvgIpc) is 2.72. The molecular weight excluding hydrogens is 443 g/mol. The van der Waals surface area contributed by atoms with Crippen LogP contribution in [0.5, 0.6) is 0 Å². The molecule has 2 amide bonds. The molecule has 0 bridgehead atoms. The quantitative estimate of drug-likeness (QED) is 0.397. The molecule has 1 aliphatic heterocycles. The van der Waals surface area contributed by atoms with Gasteiger partial charge in [0.2, 0.25) is 11.8 Å². The molecular formula is C21H16ClFN4O3S. The molecule has 0 fully saturated rings. The molecule has 3 N–H and O–H groups in total. The van der Waals surface area contributed by atoms with E-state index in [9.17, 15) is 18.8 Å². The Labute approximate surface area is 185 Å². The zero-order chi connectivity index (χ0) is 22.0. The normalized spacial score (nSPS) is 15.2. The van der Waals surface area contributed by atoms with Crippen LogP contribution in [0.3, 0.4) is 0 Å². The first-order valence-electron chi connectivity index (χ1n) is 9.27. The van der Waals surface area contributed by atoms with Crippen LogP contribution in [0.4, 0.5) is 15.9 Å². The van der Waals surface area contributed by atoms with Crippen LogP contribution in [0.15, 0.2) is 58.5 Å². The largest absolute Gasteiger partial charge is 0.325 e. The predicted octanol–water partition coefficient (Wildman–Crippen LogP) is 3.92. The van der Waals surface area contributed by atoms with E-state index in [1.165, 1.54) is 30.0 Å². The first-order valence-corrected chi connectivity index (χ1v) is 10.6. The van der Waals surface area contributed by atoms with Crippen LogP contribution < -0.4 is 16.2 Å². The summed E-state index contributed by atoms with van der Waals surface area (Å²) in [6, 6.07) is 12.6. The average molecular weight is 459 g/mol. The molecule has 10 heteroatoms. The van der Waals surface area contributed by atoms with E-state index in [1.807, 2.05) is 12.1 Å². The molecule has 0 unspecified atom stereocenters. The van der Waals surface area contributed by atoms with Gasteiger partial charge >= 0.3 is 0 Å². The van der Waals surface area contributed by atoms with E-state index in [2.05, 4.69) is 20.6 Å². The molecule has 4 rings (SSSR count). The number of nitrogens with zero attached hydrogens (tertiary/aromatic N) is 1. The molecule has 1 atom stereocenters. The summed E-state index contributed by atoms with van der Waals surface area (Å²) >= 11 is 7.16. The molecule has 0 saturated heterocycles. The van der Waals surface area contributed by atoms with Crippen LogP contribution >= 0.6 is 23.4 Å².